The van der Waals surface area contributed by atoms with Crippen LogP contribution in [0.5, 0.6) is 0 Å². The summed E-state index contributed by atoms with van der Waals surface area (Å²) in [6.45, 7) is 2.40. The molecule has 3 aromatic heterocycles. The number of carbonyl (C=O) groups excluding carboxylic acids is 3. The topological polar surface area (TPSA) is 117 Å². The molecule has 2 amide bonds. The first kappa shape index (κ1) is 30.4. The summed E-state index contributed by atoms with van der Waals surface area (Å²) in [4.78, 5) is 57.5. The Morgan fingerprint density at radius 2 is 1.67 bits per heavy atom. The molecule has 232 valence electrons. The van der Waals surface area contributed by atoms with Gasteiger partial charge in [0.15, 0.2) is 5.78 Å². The number of nitrogens with one attached hydrogen (secondary N) is 1. The molecule has 1 aliphatic heterocycles. The van der Waals surface area contributed by atoms with Crippen LogP contribution < -0.4 is 10.2 Å². The smallest absolute Gasteiger partial charge is 0.270 e. The molecule has 4 heterocycles. The predicted molar refractivity (Wildman–Crippen MR) is 177 cm³/mol. The van der Waals surface area contributed by atoms with Crippen LogP contribution >= 0.6 is 15.9 Å². The Kier molecular flexibility index (Phi) is 8.92. The highest BCUT2D eigenvalue weighted by atomic mass is 79.9. The van der Waals surface area contributed by atoms with E-state index in [2.05, 4.69) is 40.7 Å². The van der Waals surface area contributed by atoms with Crippen molar-refractivity contribution in [2.45, 2.75) is 31.7 Å². The van der Waals surface area contributed by atoms with E-state index < -0.39 is 0 Å². The first-order valence-electron chi connectivity index (χ1n) is 15.1. The number of fused-ring (bicyclic) bond motifs is 1. The van der Waals surface area contributed by atoms with E-state index >= 15 is 0 Å². The Morgan fingerprint density at radius 1 is 0.933 bits per heavy atom. The number of hydrogen-bond donors (Lipinski definition) is 1. The van der Waals surface area contributed by atoms with Crippen LogP contribution in [0, 0.1) is 0 Å². The van der Waals surface area contributed by atoms with Crippen molar-refractivity contribution in [1.29, 1.82) is 0 Å². The summed E-state index contributed by atoms with van der Waals surface area (Å²) in [6.07, 6.45) is 10.6. The molecule has 6 rings (SSSR count). The summed E-state index contributed by atoms with van der Waals surface area (Å²) in [7, 11) is 3.53. The second-order valence-corrected chi connectivity index (χ2v) is 12.5. The standard InChI is InChI=1S/C33H35BrN8O3/c1-39(2)32(45)27-19-23-20-36-33(38-31(23)42(27)25-5-3-4-6-25)37-29-13-11-26(21-35-29)40-15-17-41(18-16-40)30(44)14-12-28(43)22-7-9-24(34)10-8-22/h7-14,19-21,25H,3-6,15-18H2,1-2H3,(H,35,36,37,38)/b14-12+. The quantitative estimate of drug-likeness (QED) is 0.200. The maximum Gasteiger partial charge on any atom is 0.270 e. The molecule has 1 aromatic carbocycles. The molecule has 11 nitrogen and oxygen atoms in total. The number of halogens is 1. The number of hydrogen-bond acceptors (Lipinski definition) is 8. The molecule has 0 radical (unpaired) electrons. The SMILES string of the molecule is CN(C)C(=O)c1cc2cnc(Nc3ccc(N4CCN(C(=O)/C=C/C(=O)c5ccc(Br)cc5)CC4)cn3)nc2n1C1CCCC1. The minimum atomic E-state index is -0.202. The molecule has 4 aromatic rings. The first-order valence-corrected chi connectivity index (χ1v) is 15.9. The maximum absolute atomic E-state index is 13.0. The Labute approximate surface area is 270 Å². The van der Waals surface area contributed by atoms with Gasteiger partial charge in [0.1, 0.15) is 17.2 Å². The van der Waals surface area contributed by atoms with Crippen LogP contribution in [-0.2, 0) is 4.79 Å². The minimum Gasteiger partial charge on any atom is -0.367 e. The number of anilines is 3. The molecular weight excluding hydrogens is 636 g/mol. The minimum absolute atomic E-state index is 0.0415. The van der Waals surface area contributed by atoms with Gasteiger partial charge in [-0.15, -0.1) is 0 Å². The van der Waals surface area contributed by atoms with Gasteiger partial charge in [-0.1, -0.05) is 28.8 Å². The molecule has 0 atom stereocenters. The third-order valence-electron chi connectivity index (χ3n) is 8.34. The Bertz CT molecular complexity index is 1740. The molecule has 1 aliphatic carbocycles. The van der Waals surface area contributed by atoms with E-state index in [-0.39, 0.29) is 23.6 Å². The number of amides is 2. The van der Waals surface area contributed by atoms with Crippen molar-refractivity contribution in [2.24, 2.45) is 0 Å². The summed E-state index contributed by atoms with van der Waals surface area (Å²) < 4.78 is 2.98. The van der Waals surface area contributed by atoms with Gasteiger partial charge in [-0.3, -0.25) is 14.4 Å². The highest BCUT2D eigenvalue weighted by molar-refractivity contribution is 9.10. The van der Waals surface area contributed by atoms with Crippen LogP contribution in [0.3, 0.4) is 0 Å². The molecule has 0 bridgehead atoms. The number of nitrogens with zero attached hydrogens (tertiary/aromatic N) is 7. The third kappa shape index (κ3) is 6.75. The monoisotopic (exact) mass is 670 g/mol. The van der Waals surface area contributed by atoms with Crippen LogP contribution in [0.15, 0.2) is 71.5 Å². The van der Waals surface area contributed by atoms with E-state index in [1.165, 1.54) is 12.2 Å². The van der Waals surface area contributed by atoms with Crippen molar-refractivity contribution in [3.05, 3.63) is 82.7 Å². The number of carbonyl (C=O) groups is 3. The first-order chi connectivity index (χ1) is 21.8. The lowest BCUT2D eigenvalue weighted by Crippen LogP contribution is -2.48. The van der Waals surface area contributed by atoms with Gasteiger partial charge in [0, 0.05) is 74.0 Å². The van der Waals surface area contributed by atoms with E-state index in [9.17, 15) is 14.4 Å². The average molecular weight is 672 g/mol. The Hall–Kier alpha value is -4.58. The fourth-order valence-corrected chi connectivity index (χ4v) is 6.17. The molecule has 12 heteroatoms. The van der Waals surface area contributed by atoms with Crippen molar-refractivity contribution in [2.75, 3.05) is 50.5 Å². The van der Waals surface area contributed by atoms with E-state index in [0.717, 1.165) is 46.9 Å². The molecule has 2 fully saturated rings. The van der Waals surface area contributed by atoms with Gasteiger partial charge in [0.2, 0.25) is 11.9 Å². The van der Waals surface area contributed by atoms with Gasteiger partial charge < -0.3 is 24.6 Å². The van der Waals surface area contributed by atoms with Crippen LogP contribution in [0.25, 0.3) is 11.0 Å². The van der Waals surface area contributed by atoms with Gasteiger partial charge in [-0.25, -0.2) is 9.97 Å². The molecule has 0 unspecified atom stereocenters. The summed E-state index contributed by atoms with van der Waals surface area (Å²) in [5.41, 5.74) is 2.88. The zero-order valence-corrected chi connectivity index (χ0v) is 26.9. The summed E-state index contributed by atoms with van der Waals surface area (Å²) in [5.74, 6) is 0.609. The van der Waals surface area contributed by atoms with Gasteiger partial charge in [-0.2, -0.15) is 4.98 Å². The zero-order chi connectivity index (χ0) is 31.5. The number of piperazine rings is 1. The zero-order valence-electron chi connectivity index (χ0n) is 25.3. The van der Waals surface area contributed by atoms with Gasteiger partial charge in [-0.05, 0) is 61.4 Å². The summed E-state index contributed by atoms with van der Waals surface area (Å²) in [6, 6.07) is 13.0. The second-order valence-electron chi connectivity index (χ2n) is 11.6. The van der Waals surface area contributed by atoms with E-state index in [1.54, 1.807) is 60.6 Å². The summed E-state index contributed by atoms with van der Waals surface area (Å²) in [5, 5.41) is 4.05. The number of benzene rings is 1. The molecule has 1 saturated carbocycles. The second kappa shape index (κ2) is 13.2. The lowest BCUT2D eigenvalue weighted by atomic mass is 10.1. The van der Waals surface area contributed by atoms with Crippen molar-refractivity contribution in [3.8, 4) is 0 Å². The molecule has 0 spiro atoms. The molecule has 2 aliphatic rings. The van der Waals surface area contributed by atoms with E-state index in [1.807, 2.05) is 18.2 Å². The van der Waals surface area contributed by atoms with Gasteiger partial charge >= 0.3 is 0 Å². The fraction of sp³-hybridized carbons (Fsp3) is 0.333. The van der Waals surface area contributed by atoms with Crippen LogP contribution in [0.4, 0.5) is 17.5 Å². The number of rotatable bonds is 8. The Balaban J connectivity index is 1.08. The molecule has 1 saturated heterocycles. The molecular formula is C33H35BrN8O3. The largest absolute Gasteiger partial charge is 0.367 e. The molecule has 1 N–H and O–H groups in total. The van der Waals surface area contributed by atoms with Crippen molar-refractivity contribution in [1.82, 2.24) is 29.3 Å². The van der Waals surface area contributed by atoms with Crippen LogP contribution in [0.1, 0.15) is 52.6 Å². The van der Waals surface area contributed by atoms with Crippen molar-refractivity contribution >= 4 is 62.0 Å². The highest BCUT2D eigenvalue weighted by Gasteiger charge is 2.27. The normalized spacial score (nSPS) is 15.6. The van der Waals surface area contributed by atoms with Gasteiger partial charge in [0.25, 0.3) is 5.91 Å². The average Bonchev–Trinajstić information content (AvgIpc) is 3.72. The van der Waals surface area contributed by atoms with E-state index in [0.29, 0.717) is 49.2 Å². The van der Waals surface area contributed by atoms with Crippen molar-refractivity contribution < 1.29 is 14.4 Å². The maximum atomic E-state index is 13.0. The number of allylic oxidation sites excluding steroid dienone is 1. The number of pyridine rings is 1. The van der Waals surface area contributed by atoms with E-state index in [4.69, 9.17) is 4.98 Å². The molecule has 45 heavy (non-hydrogen) atoms. The van der Waals surface area contributed by atoms with Gasteiger partial charge in [0.05, 0.1) is 11.9 Å². The lowest BCUT2D eigenvalue weighted by Gasteiger charge is -2.35. The third-order valence-corrected chi connectivity index (χ3v) is 8.87. The highest BCUT2D eigenvalue weighted by Crippen LogP contribution is 2.35. The number of ketones is 1. The van der Waals surface area contributed by atoms with Crippen LogP contribution in [0.2, 0.25) is 0 Å². The summed E-state index contributed by atoms with van der Waals surface area (Å²) >= 11 is 3.36. The van der Waals surface area contributed by atoms with Crippen LogP contribution in [-0.4, -0.2) is 87.2 Å². The van der Waals surface area contributed by atoms with Crippen molar-refractivity contribution in [3.63, 3.8) is 0 Å². The predicted octanol–water partition coefficient (Wildman–Crippen LogP) is 5.24. The number of aromatic nitrogens is 4. The lowest BCUT2D eigenvalue weighted by molar-refractivity contribution is -0.126. The fourth-order valence-electron chi connectivity index (χ4n) is 5.90. The Morgan fingerprint density at radius 3 is 2.33 bits per heavy atom.